The van der Waals surface area contributed by atoms with Crippen LogP contribution in [0.25, 0.3) is 0 Å². The van der Waals surface area contributed by atoms with Gasteiger partial charge < -0.3 is 4.90 Å². The van der Waals surface area contributed by atoms with E-state index in [1.165, 1.54) is 23.2 Å². The highest BCUT2D eigenvalue weighted by Gasteiger charge is 2.19. The fraction of sp³-hybridized carbons (Fsp3) is 0.143. The number of hydrogen-bond donors (Lipinski definition) is 0. The molecule has 0 spiro atoms. The van der Waals surface area contributed by atoms with Gasteiger partial charge in [0.1, 0.15) is 11.0 Å². The summed E-state index contributed by atoms with van der Waals surface area (Å²) in [5.74, 6) is -0.825. The summed E-state index contributed by atoms with van der Waals surface area (Å²) in [5.41, 5.74) is 0.495. The zero-order valence-corrected chi connectivity index (χ0v) is 14.0. The Labute approximate surface area is 139 Å². The second-order valence-corrected chi connectivity index (χ2v) is 6.03. The van der Waals surface area contributed by atoms with Gasteiger partial charge in [-0.05, 0) is 34.1 Å². The first kappa shape index (κ1) is 16.2. The van der Waals surface area contributed by atoms with E-state index in [1.807, 2.05) is 0 Å². The molecule has 0 atom stereocenters. The predicted molar refractivity (Wildman–Crippen MR) is 84.2 cm³/mol. The van der Waals surface area contributed by atoms with Crippen molar-refractivity contribution < 1.29 is 9.18 Å². The maximum Gasteiger partial charge on any atom is 0.257 e. The first-order chi connectivity index (χ1) is 9.90. The first-order valence-electron chi connectivity index (χ1n) is 5.89. The molecule has 0 fully saturated rings. The largest absolute Gasteiger partial charge is 0.337 e. The fourth-order valence-electron chi connectivity index (χ4n) is 1.77. The molecule has 2 aromatic rings. The quantitative estimate of drug-likeness (QED) is 0.718. The van der Waals surface area contributed by atoms with Gasteiger partial charge in [0.15, 0.2) is 0 Å². The van der Waals surface area contributed by atoms with E-state index < -0.39 is 5.82 Å². The summed E-state index contributed by atoms with van der Waals surface area (Å²) in [7, 11) is 1.54. The number of carbonyl (C=O) groups is 1. The SMILES string of the molecule is CN(Cc1c(F)cccc1Cl)C(=O)c1cc(Br)cnc1Cl. The fourth-order valence-corrected chi connectivity index (χ4v) is 2.51. The minimum absolute atomic E-state index is 0.0349. The molecule has 0 saturated heterocycles. The van der Waals surface area contributed by atoms with E-state index in [9.17, 15) is 9.18 Å². The third-order valence-corrected chi connectivity index (χ3v) is 3.93. The van der Waals surface area contributed by atoms with Crippen molar-refractivity contribution >= 4 is 45.0 Å². The minimum atomic E-state index is -0.458. The van der Waals surface area contributed by atoms with Gasteiger partial charge in [-0.1, -0.05) is 29.3 Å². The lowest BCUT2D eigenvalue weighted by Crippen LogP contribution is -2.27. The third-order valence-electron chi connectivity index (χ3n) is 2.84. The van der Waals surface area contributed by atoms with Gasteiger partial charge in [0.2, 0.25) is 0 Å². The Hall–Kier alpha value is -1.17. The zero-order valence-electron chi connectivity index (χ0n) is 10.9. The van der Waals surface area contributed by atoms with Crippen LogP contribution in [0.1, 0.15) is 15.9 Å². The van der Waals surface area contributed by atoms with Crippen LogP contribution in [-0.4, -0.2) is 22.8 Å². The van der Waals surface area contributed by atoms with Crippen molar-refractivity contribution in [2.24, 2.45) is 0 Å². The molecule has 21 heavy (non-hydrogen) atoms. The molecule has 0 bridgehead atoms. The number of pyridine rings is 1. The van der Waals surface area contributed by atoms with Crippen LogP contribution in [-0.2, 0) is 6.54 Å². The Morgan fingerprint density at radius 3 is 2.81 bits per heavy atom. The first-order valence-corrected chi connectivity index (χ1v) is 7.44. The number of carbonyl (C=O) groups excluding carboxylic acids is 1. The Morgan fingerprint density at radius 2 is 2.14 bits per heavy atom. The van der Waals surface area contributed by atoms with Gasteiger partial charge in [0.05, 0.1) is 5.56 Å². The van der Waals surface area contributed by atoms with E-state index in [4.69, 9.17) is 23.2 Å². The topological polar surface area (TPSA) is 33.2 Å². The van der Waals surface area contributed by atoms with Gasteiger partial charge in [-0.3, -0.25) is 4.79 Å². The summed E-state index contributed by atoms with van der Waals surface area (Å²) in [6.45, 7) is 0.0349. The van der Waals surface area contributed by atoms with E-state index in [0.717, 1.165) is 0 Å². The van der Waals surface area contributed by atoms with E-state index in [0.29, 0.717) is 4.47 Å². The van der Waals surface area contributed by atoms with Crippen LogP contribution in [0.15, 0.2) is 34.9 Å². The van der Waals surface area contributed by atoms with Crippen molar-refractivity contribution in [3.63, 3.8) is 0 Å². The molecule has 2 rings (SSSR count). The maximum absolute atomic E-state index is 13.8. The standard InChI is InChI=1S/C14H10BrCl2FN2O/c1-20(7-10-11(16)3-2-4-12(10)18)14(21)9-5-8(15)6-19-13(9)17/h2-6H,7H2,1H3. The molecule has 110 valence electrons. The predicted octanol–water partition coefficient (Wildman–Crippen LogP) is 4.56. The Bertz CT molecular complexity index is 676. The highest BCUT2D eigenvalue weighted by atomic mass is 79.9. The minimum Gasteiger partial charge on any atom is -0.337 e. The number of hydrogen-bond acceptors (Lipinski definition) is 2. The molecule has 0 radical (unpaired) electrons. The van der Waals surface area contributed by atoms with Crippen molar-refractivity contribution in [2.75, 3.05) is 7.05 Å². The average Bonchev–Trinajstić information content (AvgIpc) is 2.44. The molecule has 0 saturated carbocycles. The summed E-state index contributed by atoms with van der Waals surface area (Å²) in [6.07, 6.45) is 1.49. The van der Waals surface area contributed by atoms with Crippen LogP contribution in [0, 0.1) is 5.82 Å². The van der Waals surface area contributed by atoms with Crippen LogP contribution < -0.4 is 0 Å². The van der Waals surface area contributed by atoms with Crippen molar-refractivity contribution in [2.45, 2.75) is 6.54 Å². The van der Waals surface area contributed by atoms with E-state index in [1.54, 1.807) is 19.2 Å². The molecule has 1 heterocycles. The second kappa shape index (κ2) is 6.73. The Kier molecular flexibility index (Phi) is 5.19. The Morgan fingerprint density at radius 1 is 1.43 bits per heavy atom. The zero-order chi connectivity index (χ0) is 15.6. The molecule has 1 amide bonds. The van der Waals surface area contributed by atoms with Gasteiger partial charge in [0.25, 0.3) is 5.91 Å². The smallest absolute Gasteiger partial charge is 0.257 e. The lowest BCUT2D eigenvalue weighted by atomic mass is 10.2. The number of halogens is 4. The van der Waals surface area contributed by atoms with Crippen LogP contribution in [0.2, 0.25) is 10.2 Å². The number of aromatic nitrogens is 1. The normalized spacial score (nSPS) is 10.5. The molecular formula is C14H10BrCl2FN2O. The van der Waals surface area contributed by atoms with Crippen molar-refractivity contribution in [3.8, 4) is 0 Å². The van der Waals surface area contributed by atoms with Crippen LogP contribution >= 0.6 is 39.1 Å². The molecule has 1 aromatic carbocycles. The summed E-state index contributed by atoms with van der Waals surface area (Å²) in [5, 5.41) is 0.364. The molecule has 0 N–H and O–H groups in total. The van der Waals surface area contributed by atoms with Crippen LogP contribution in [0.3, 0.4) is 0 Å². The number of benzene rings is 1. The second-order valence-electron chi connectivity index (χ2n) is 4.35. The van der Waals surface area contributed by atoms with Gasteiger partial charge in [-0.25, -0.2) is 9.37 Å². The molecule has 1 aromatic heterocycles. The molecule has 0 aliphatic rings. The molecule has 7 heteroatoms. The highest BCUT2D eigenvalue weighted by Crippen LogP contribution is 2.23. The summed E-state index contributed by atoms with van der Waals surface area (Å²) in [4.78, 5) is 17.6. The van der Waals surface area contributed by atoms with Gasteiger partial charge >= 0.3 is 0 Å². The van der Waals surface area contributed by atoms with Crippen molar-refractivity contribution in [1.29, 1.82) is 0 Å². The molecule has 3 nitrogen and oxygen atoms in total. The van der Waals surface area contributed by atoms with Gasteiger partial charge in [0, 0.05) is 34.8 Å². The highest BCUT2D eigenvalue weighted by molar-refractivity contribution is 9.10. The van der Waals surface area contributed by atoms with Gasteiger partial charge in [-0.2, -0.15) is 0 Å². The van der Waals surface area contributed by atoms with Crippen molar-refractivity contribution in [3.05, 3.63) is 62.1 Å². The van der Waals surface area contributed by atoms with E-state index >= 15 is 0 Å². The molecular weight excluding hydrogens is 382 g/mol. The van der Waals surface area contributed by atoms with Crippen LogP contribution in [0.5, 0.6) is 0 Å². The Balaban J connectivity index is 2.26. The average molecular weight is 392 g/mol. The van der Waals surface area contributed by atoms with E-state index in [2.05, 4.69) is 20.9 Å². The number of amides is 1. The van der Waals surface area contributed by atoms with Crippen molar-refractivity contribution in [1.82, 2.24) is 9.88 Å². The third kappa shape index (κ3) is 3.73. The summed E-state index contributed by atoms with van der Waals surface area (Å²) >= 11 is 15.1. The lowest BCUT2D eigenvalue weighted by molar-refractivity contribution is 0.0783. The van der Waals surface area contributed by atoms with Crippen LogP contribution in [0.4, 0.5) is 4.39 Å². The number of nitrogens with zero attached hydrogens (tertiary/aromatic N) is 2. The summed E-state index contributed by atoms with van der Waals surface area (Å²) in [6, 6.07) is 5.95. The molecule has 0 aliphatic heterocycles. The lowest BCUT2D eigenvalue weighted by Gasteiger charge is -2.19. The number of rotatable bonds is 3. The van der Waals surface area contributed by atoms with E-state index in [-0.39, 0.29) is 33.8 Å². The maximum atomic E-state index is 13.8. The van der Waals surface area contributed by atoms with Gasteiger partial charge in [-0.15, -0.1) is 0 Å². The summed E-state index contributed by atoms with van der Waals surface area (Å²) < 4.78 is 14.4. The molecule has 0 aliphatic carbocycles. The molecule has 0 unspecified atom stereocenters. The monoisotopic (exact) mass is 390 g/mol.